The van der Waals surface area contributed by atoms with Crippen LogP contribution in [0.2, 0.25) is 0 Å². The number of tetrazole rings is 1. The van der Waals surface area contributed by atoms with Gasteiger partial charge in [-0.2, -0.15) is 0 Å². The molecule has 1 aliphatic carbocycles. The molecular formula is C15H18N4O2. The van der Waals surface area contributed by atoms with Crippen LogP contribution >= 0.6 is 0 Å². The first kappa shape index (κ1) is 13.7. The molecule has 3 rings (SSSR count). The molecule has 1 aliphatic rings. The molecule has 1 aromatic carbocycles. The van der Waals surface area contributed by atoms with Gasteiger partial charge in [0.15, 0.2) is 5.82 Å². The Hall–Kier alpha value is -2.24. The van der Waals surface area contributed by atoms with Crippen LogP contribution in [-0.4, -0.2) is 32.3 Å². The first-order valence-electron chi connectivity index (χ1n) is 7.25. The van der Waals surface area contributed by atoms with E-state index in [2.05, 4.69) is 15.5 Å². The van der Waals surface area contributed by atoms with Crippen molar-refractivity contribution in [2.45, 2.75) is 45.3 Å². The van der Waals surface area contributed by atoms with E-state index in [1.165, 1.54) is 10.2 Å². The van der Waals surface area contributed by atoms with Crippen LogP contribution in [-0.2, 0) is 16.1 Å². The van der Waals surface area contributed by atoms with Crippen molar-refractivity contribution in [1.29, 1.82) is 0 Å². The van der Waals surface area contributed by atoms with Gasteiger partial charge in [0.25, 0.3) is 0 Å². The van der Waals surface area contributed by atoms with Crippen molar-refractivity contribution in [3.05, 3.63) is 29.8 Å². The van der Waals surface area contributed by atoms with E-state index in [1.807, 2.05) is 31.2 Å². The predicted molar refractivity (Wildman–Crippen MR) is 76.3 cm³/mol. The Bertz CT molecular complexity index is 615. The van der Waals surface area contributed by atoms with Crippen molar-refractivity contribution in [1.82, 2.24) is 20.2 Å². The van der Waals surface area contributed by atoms with Crippen LogP contribution in [0.1, 0.15) is 31.2 Å². The maximum atomic E-state index is 12.0. The highest BCUT2D eigenvalue weighted by Crippen LogP contribution is 2.21. The zero-order chi connectivity index (χ0) is 14.7. The standard InChI is InChI=1S/C15H18N4O2/c1-11-6-8-12(9-7-11)15-16-17-18-19(15)10-14(20)21-13-4-2-3-5-13/h6-9,13H,2-5,10H2,1H3. The molecule has 0 N–H and O–H groups in total. The number of hydrogen-bond acceptors (Lipinski definition) is 5. The third-order valence-electron chi connectivity index (χ3n) is 3.72. The molecule has 110 valence electrons. The number of carbonyl (C=O) groups excluding carboxylic acids is 1. The van der Waals surface area contributed by atoms with Crippen molar-refractivity contribution in [2.24, 2.45) is 0 Å². The maximum absolute atomic E-state index is 12.0. The molecule has 0 bridgehead atoms. The van der Waals surface area contributed by atoms with Crippen LogP contribution in [0.15, 0.2) is 24.3 Å². The summed E-state index contributed by atoms with van der Waals surface area (Å²) in [6, 6.07) is 7.87. The Balaban J connectivity index is 1.70. The summed E-state index contributed by atoms with van der Waals surface area (Å²) >= 11 is 0. The van der Waals surface area contributed by atoms with E-state index in [1.54, 1.807) is 0 Å². The first-order chi connectivity index (χ1) is 10.2. The predicted octanol–water partition coefficient (Wildman–Crippen LogP) is 2.13. The molecule has 1 aromatic heterocycles. The van der Waals surface area contributed by atoms with Crippen LogP contribution in [0.5, 0.6) is 0 Å². The molecular weight excluding hydrogens is 268 g/mol. The molecule has 6 nitrogen and oxygen atoms in total. The van der Waals surface area contributed by atoms with Crippen molar-refractivity contribution in [3.8, 4) is 11.4 Å². The molecule has 0 radical (unpaired) electrons. The molecule has 1 heterocycles. The second kappa shape index (κ2) is 6.03. The van der Waals surface area contributed by atoms with Crippen LogP contribution in [0.4, 0.5) is 0 Å². The molecule has 2 aromatic rings. The minimum absolute atomic E-state index is 0.0483. The molecule has 6 heteroatoms. The lowest BCUT2D eigenvalue weighted by atomic mass is 10.1. The normalized spacial score (nSPS) is 15.3. The van der Waals surface area contributed by atoms with Gasteiger partial charge in [-0.3, -0.25) is 4.79 Å². The lowest BCUT2D eigenvalue weighted by molar-refractivity contribution is -0.149. The van der Waals surface area contributed by atoms with Crippen LogP contribution < -0.4 is 0 Å². The van der Waals surface area contributed by atoms with Crippen molar-refractivity contribution in [3.63, 3.8) is 0 Å². The lowest BCUT2D eigenvalue weighted by Crippen LogP contribution is -2.20. The van der Waals surface area contributed by atoms with Gasteiger partial charge in [0.1, 0.15) is 12.6 Å². The second-order valence-electron chi connectivity index (χ2n) is 5.42. The zero-order valence-corrected chi connectivity index (χ0v) is 12.0. The number of hydrogen-bond donors (Lipinski definition) is 0. The average Bonchev–Trinajstić information content (AvgIpc) is 3.11. The van der Waals surface area contributed by atoms with E-state index >= 15 is 0 Å². The minimum atomic E-state index is -0.275. The fourth-order valence-electron chi connectivity index (χ4n) is 2.57. The molecule has 1 saturated carbocycles. The van der Waals surface area contributed by atoms with Crippen LogP contribution in [0.25, 0.3) is 11.4 Å². The summed E-state index contributed by atoms with van der Waals surface area (Å²) < 4.78 is 6.93. The van der Waals surface area contributed by atoms with Gasteiger partial charge in [0, 0.05) is 5.56 Å². The highest BCUT2D eigenvalue weighted by Gasteiger charge is 2.20. The molecule has 21 heavy (non-hydrogen) atoms. The third kappa shape index (κ3) is 3.26. The van der Waals surface area contributed by atoms with Crippen LogP contribution in [0.3, 0.4) is 0 Å². The molecule has 0 aliphatic heterocycles. The number of benzene rings is 1. The van der Waals surface area contributed by atoms with E-state index in [0.717, 1.165) is 31.2 Å². The molecule has 1 fully saturated rings. The maximum Gasteiger partial charge on any atom is 0.328 e. The van der Waals surface area contributed by atoms with E-state index in [-0.39, 0.29) is 18.6 Å². The Morgan fingerprint density at radius 3 is 2.71 bits per heavy atom. The Kier molecular flexibility index (Phi) is 3.94. The van der Waals surface area contributed by atoms with E-state index in [0.29, 0.717) is 5.82 Å². The summed E-state index contributed by atoms with van der Waals surface area (Å²) in [6.07, 6.45) is 4.27. The van der Waals surface area contributed by atoms with Gasteiger partial charge in [-0.05, 0) is 43.0 Å². The second-order valence-corrected chi connectivity index (χ2v) is 5.42. The number of carbonyl (C=O) groups is 1. The average molecular weight is 286 g/mol. The molecule has 0 saturated heterocycles. The highest BCUT2D eigenvalue weighted by molar-refractivity contribution is 5.70. The van der Waals surface area contributed by atoms with Gasteiger partial charge in [0.05, 0.1) is 0 Å². The van der Waals surface area contributed by atoms with Gasteiger partial charge in [-0.15, -0.1) is 5.10 Å². The molecule has 0 unspecified atom stereocenters. The van der Waals surface area contributed by atoms with Gasteiger partial charge in [0.2, 0.25) is 0 Å². The quantitative estimate of drug-likeness (QED) is 0.805. The number of ether oxygens (including phenoxy) is 1. The Labute approximate surface area is 123 Å². The van der Waals surface area contributed by atoms with Gasteiger partial charge in [-0.25, -0.2) is 4.68 Å². The summed E-state index contributed by atoms with van der Waals surface area (Å²) in [5, 5.41) is 11.5. The Morgan fingerprint density at radius 1 is 1.29 bits per heavy atom. The lowest BCUT2D eigenvalue weighted by Gasteiger charge is -2.11. The van der Waals surface area contributed by atoms with E-state index in [4.69, 9.17) is 4.74 Å². The first-order valence-corrected chi connectivity index (χ1v) is 7.25. The number of aromatic nitrogens is 4. The molecule has 0 atom stereocenters. The number of esters is 1. The van der Waals surface area contributed by atoms with Crippen molar-refractivity contribution in [2.75, 3.05) is 0 Å². The SMILES string of the molecule is Cc1ccc(-c2nnnn2CC(=O)OC2CCCC2)cc1. The molecule has 0 spiro atoms. The minimum Gasteiger partial charge on any atom is -0.461 e. The fraction of sp³-hybridized carbons (Fsp3) is 0.467. The third-order valence-corrected chi connectivity index (χ3v) is 3.72. The topological polar surface area (TPSA) is 69.9 Å². The highest BCUT2D eigenvalue weighted by atomic mass is 16.5. The number of rotatable bonds is 4. The summed E-state index contributed by atoms with van der Waals surface area (Å²) in [5.74, 6) is 0.306. The summed E-state index contributed by atoms with van der Waals surface area (Å²) in [4.78, 5) is 12.0. The Morgan fingerprint density at radius 2 is 2.00 bits per heavy atom. The summed E-state index contributed by atoms with van der Waals surface area (Å²) in [6.45, 7) is 2.07. The van der Waals surface area contributed by atoms with Gasteiger partial charge < -0.3 is 4.74 Å². The number of nitrogens with zero attached hydrogens (tertiary/aromatic N) is 4. The van der Waals surface area contributed by atoms with Gasteiger partial charge in [-0.1, -0.05) is 29.8 Å². The van der Waals surface area contributed by atoms with E-state index in [9.17, 15) is 4.79 Å². The van der Waals surface area contributed by atoms with Crippen molar-refractivity contribution >= 4 is 5.97 Å². The van der Waals surface area contributed by atoms with Crippen LogP contribution in [0, 0.1) is 6.92 Å². The number of aryl methyl sites for hydroxylation is 1. The fourth-order valence-corrected chi connectivity index (χ4v) is 2.57. The summed E-state index contributed by atoms with van der Waals surface area (Å²) in [5.41, 5.74) is 2.05. The zero-order valence-electron chi connectivity index (χ0n) is 12.0. The summed E-state index contributed by atoms with van der Waals surface area (Å²) in [7, 11) is 0. The molecule has 0 amide bonds. The smallest absolute Gasteiger partial charge is 0.328 e. The van der Waals surface area contributed by atoms with Crippen molar-refractivity contribution < 1.29 is 9.53 Å². The monoisotopic (exact) mass is 286 g/mol. The van der Waals surface area contributed by atoms with E-state index < -0.39 is 0 Å². The van der Waals surface area contributed by atoms with Gasteiger partial charge >= 0.3 is 5.97 Å². The largest absolute Gasteiger partial charge is 0.461 e.